The van der Waals surface area contributed by atoms with E-state index in [9.17, 15) is 9.90 Å². The molecule has 0 aliphatic carbocycles. The first-order valence-electron chi connectivity index (χ1n) is 12.7. The third-order valence-corrected chi connectivity index (χ3v) is 6.48. The second-order valence-corrected chi connectivity index (χ2v) is 9.14. The molecule has 1 heterocycles. The highest BCUT2D eigenvalue weighted by atomic mass is 16.5. The molecule has 0 radical (unpaired) electrons. The van der Waals surface area contributed by atoms with Crippen LogP contribution in [0.5, 0.6) is 5.75 Å². The molecule has 36 heavy (non-hydrogen) atoms. The molecular formula is C31H35NO4. The molecule has 0 saturated carbocycles. The number of carbonyl (C=O) groups excluding carboxylic acids is 1. The van der Waals surface area contributed by atoms with Crippen LogP contribution in [0.3, 0.4) is 0 Å². The largest absolute Gasteiger partial charge is 0.493 e. The quantitative estimate of drug-likeness (QED) is 0.259. The van der Waals surface area contributed by atoms with Crippen LogP contribution in [-0.4, -0.2) is 44.0 Å². The summed E-state index contributed by atoms with van der Waals surface area (Å²) in [7, 11) is 0. The van der Waals surface area contributed by atoms with Crippen LogP contribution in [-0.2, 0) is 4.74 Å². The molecule has 188 valence electrons. The van der Waals surface area contributed by atoms with Crippen molar-refractivity contribution in [2.45, 2.75) is 33.1 Å². The summed E-state index contributed by atoms with van der Waals surface area (Å²) < 4.78 is 11.2. The number of benzene rings is 3. The maximum Gasteiger partial charge on any atom is 0.338 e. The number of hydrogen-bond acceptors (Lipinski definition) is 5. The van der Waals surface area contributed by atoms with Gasteiger partial charge in [0.2, 0.25) is 0 Å². The molecule has 1 fully saturated rings. The van der Waals surface area contributed by atoms with E-state index in [1.165, 1.54) is 18.5 Å². The Balaban J connectivity index is 1.73. The topological polar surface area (TPSA) is 59.0 Å². The van der Waals surface area contributed by atoms with Gasteiger partial charge in [0.1, 0.15) is 5.75 Å². The predicted octanol–water partition coefficient (Wildman–Crippen LogP) is 6.59. The lowest BCUT2D eigenvalue weighted by molar-refractivity contribution is 0.0526. The van der Waals surface area contributed by atoms with E-state index in [4.69, 9.17) is 9.47 Å². The van der Waals surface area contributed by atoms with E-state index in [0.29, 0.717) is 25.2 Å². The van der Waals surface area contributed by atoms with Gasteiger partial charge >= 0.3 is 5.97 Å². The Morgan fingerprint density at radius 2 is 1.67 bits per heavy atom. The highest BCUT2D eigenvalue weighted by Gasteiger charge is 2.18. The molecule has 3 aromatic carbocycles. The SMILES string of the molecule is C=C(C)c1cc(-c2cc(-c3ccc(C(=O)OCC)cc3)ccc2OCCCO)ccc1N1CCCC1. The van der Waals surface area contributed by atoms with Crippen molar-refractivity contribution in [3.63, 3.8) is 0 Å². The lowest BCUT2D eigenvalue weighted by Gasteiger charge is -2.23. The van der Waals surface area contributed by atoms with Crippen molar-refractivity contribution in [2.24, 2.45) is 0 Å². The van der Waals surface area contributed by atoms with E-state index >= 15 is 0 Å². The van der Waals surface area contributed by atoms with Gasteiger partial charge in [-0.1, -0.05) is 30.8 Å². The number of ether oxygens (including phenoxy) is 2. The van der Waals surface area contributed by atoms with Gasteiger partial charge in [0, 0.05) is 42.9 Å². The van der Waals surface area contributed by atoms with Crippen LogP contribution in [0.4, 0.5) is 5.69 Å². The van der Waals surface area contributed by atoms with Crippen molar-refractivity contribution in [3.05, 3.63) is 78.4 Å². The molecule has 5 heteroatoms. The van der Waals surface area contributed by atoms with Crippen LogP contribution in [0.25, 0.3) is 27.8 Å². The Morgan fingerprint density at radius 3 is 2.33 bits per heavy atom. The summed E-state index contributed by atoms with van der Waals surface area (Å²) >= 11 is 0. The van der Waals surface area contributed by atoms with E-state index in [-0.39, 0.29) is 12.6 Å². The number of carbonyl (C=O) groups is 1. The van der Waals surface area contributed by atoms with Crippen molar-refractivity contribution < 1.29 is 19.4 Å². The van der Waals surface area contributed by atoms with E-state index in [2.05, 4.69) is 42.7 Å². The lowest BCUT2D eigenvalue weighted by Crippen LogP contribution is -2.18. The van der Waals surface area contributed by atoms with E-state index < -0.39 is 0 Å². The second-order valence-electron chi connectivity index (χ2n) is 9.14. The lowest BCUT2D eigenvalue weighted by atomic mass is 9.94. The van der Waals surface area contributed by atoms with Crippen LogP contribution in [0.15, 0.2) is 67.2 Å². The zero-order valence-electron chi connectivity index (χ0n) is 21.3. The van der Waals surface area contributed by atoms with Gasteiger partial charge in [-0.3, -0.25) is 0 Å². The van der Waals surface area contributed by atoms with Crippen LogP contribution in [0, 0.1) is 0 Å². The minimum Gasteiger partial charge on any atom is -0.493 e. The molecule has 0 bridgehead atoms. The number of esters is 1. The number of allylic oxidation sites excluding steroid dienone is 1. The van der Waals surface area contributed by atoms with E-state index in [0.717, 1.165) is 52.2 Å². The molecule has 0 atom stereocenters. The molecule has 0 aromatic heterocycles. The third-order valence-electron chi connectivity index (χ3n) is 6.48. The van der Waals surface area contributed by atoms with Gasteiger partial charge in [-0.15, -0.1) is 0 Å². The third kappa shape index (κ3) is 5.80. The molecule has 1 aliphatic heterocycles. The zero-order chi connectivity index (χ0) is 25.5. The van der Waals surface area contributed by atoms with Crippen LogP contribution < -0.4 is 9.64 Å². The normalized spacial score (nSPS) is 13.0. The van der Waals surface area contributed by atoms with Gasteiger partial charge in [0.05, 0.1) is 18.8 Å². The summed E-state index contributed by atoms with van der Waals surface area (Å²) in [5.41, 5.74) is 8.02. The number of nitrogens with zero attached hydrogens (tertiary/aromatic N) is 1. The average Bonchev–Trinajstić information content (AvgIpc) is 3.44. The van der Waals surface area contributed by atoms with Crippen molar-refractivity contribution in [1.29, 1.82) is 0 Å². The summed E-state index contributed by atoms with van der Waals surface area (Å²) in [5.74, 6) is 0.458. The average molecular weight is 486 g/mol. The van der Waals surface area contributed by atoms with Crippen molar-refractivity contribution in [1.82, 2.24) is 0 Å². The molecule has 1 aliphatic rings. The van der Waals surface area contributed by atoms with Gasteiger partial charge in [0.25, 0.3) is 0 Å². The minimum atomic E-state index is -0.317. The fraction of sp³-hybridized carbons (Fsp3) is 0.323. The van der Waals surface area contributed by atoms with E-state index in [1.807, 2.05) is 24.3 Å². The molecule has 0 spiro atoms. The molecule has 3 aromatic rings. The predicted molar refractivity (Wildman–Crippen MR) is 147 cm³/mol. The number of anilines is 1. The summed E-state index contributed by atoms with van der Waals surface area (Å²) in [6.45, 7) is 11.1. The van der Waals surface area contributed by atoms with Crippen molar-refractivity contribution in [3.8, 4) is 28.0 Å². The van der Waals surface area contributed by atoms with Gasteiger partial charge in [-0.05, 0) is 85.4 Å². The Morgan fingerprint density at radius 1 is 0.972 bits per heavy atom. The first-order valence-corrected chi connectivity index (χ1v) is 12.7. The summed E-state index contributed by atoms with van der Waals surface area (Å²) in [6.07, 6.45) is 3.01. The maximum atomic E-state index is 12.0. The summed E-state index contributed by atoms with van der Waals surface area (Å²) in [6, 6.07) is 20.2. The van der Waals surface area contributed by atoms with Gasteiger partial charge in [-0.2, -0.15) is 0 Å². The number of rotatable bonds is 10. The maximum absolute atomic E-state index is 12.0. The number of hydrogen-bond donors (Lipinski definition) is 1. The monoisotopic (exact) mass is 485 g/mol. The summed E-state index contributed by atoms with van der Waals surface area (Å²) in [4.78, 5) is 14.5. The molecule has 0 unspecified atom stereocenters. The Labute approximate surface area is 214 Å². The fourth-order valence-corrected chi connectivity index (χ4v) is 4.60. The first kappa shape index (κ1) is 25.5. The zero-order valence-corrected chi connectivity index (χ0v) is 21.3. The molecule has 1 N–H and O–H groups in total. The van der Waals surface area contributed by atoms with Crippen LogP contribution in [0.2, 0.25) is 0 Å². The first-order chi connectivity index (χ1) is 17.5. The van der Waals surface area contributed by atoms with E-state index in [1.54, 1.807) is 19.1 Å². The second kappa shape index (κ2) is 11.9. The van der Waals surface area contributed by atoms with Gasteiger partial charge in [-0.25, -0.2) is 4.79 Å². The highest BCUT2D eigenvalue weighted by molar-refractivity contribution is 5.90. The molecular weight excluding hydrogens is 450 g/mol. The van der Waals surface area contributed by atoms with Crippen molar-refractivity contribution in [2.75, 3.05) is 37.8 Å². The smallest absolute Gasteiger partial charge is 0.338 e. The number of aliphatic hydroxyl groups is 1. The summed E-state index contributed by atoms with van der Waals surface area (Å²) in [5, 5.41) is 9.22. The Kier molecular flexibility index (Phi) is 8.44. The fourth-order valence-electron chi connectivity index (χ4n) is 4.60. The number of aliphatic hydroxyl groups excluding tert-OH is 1. The van der Waals surface area contributed by atoms with Gasteiger partial charge in [0.15, 0.2) is 0 Å². The molecule has 4 rings (SSSR count). The molecule has 0 amide bonds. The minimum absolute atomic E-state index is 0.0879. The standard InChI is InChI=1S/C31H35NO4/c1-4-35-31(34)24-10-8-23(9-11-24)25-13-15-30(36-19-7-18-33)28(20-25)26-12-14-29(27(21-26)22(2)3)32-16-5-6-17-32/h8-15,20-21,33H,2,4-7,16-19H2,1,3H3. The van der Waals surface area contributed by atoms with Crippen LogP contribution >= 0.6 is 0 Å². The molecule has 1 saturated heterocycles. The highest BCUT2D eigenvalue weighted by Crippen LogP contribution is 2.38. The van der Waals surface area contributed by atoms with Crippen LogP contribution in [0.1, 0.15) is 49.0 Å². The van der Waals surface area contributed by atoms with Gasteiger partial charge < -0.3 is 19.5 Å². The molecule has 5 nitrogen and oxygen atoms in total. The Hall–Kier alpha value is -3.57. The Bertz CT molecular complexity index is 1210. The van der Waals surface area contributed by atoms with Crippen molar-refractivity contribution >= 4 is 17.2 Å².